The Bertz CT molecular complexity index is 1100. The minimum atomic E-state index is -3.98. The van der Waals surface area contributed by atoms with Gasteiger partial charge >= 0.3 is 0 Å². The standard InChI is InChI=1S/C20H18ClN3O3S2/c1-15(19-8-5-13-28-19)22-23-20(25)14-24(17-6-3-2-4-7-17)29(26,27)18-11-9-16(21)10-12-18/h2-13H,14H2,1H3,(H,23,25)/b22-15-. The van der Waals surface area contributed by atoms with E-state index in [0.717, 1.165) is 9.18 Å². The molecule has 0 unspecified atom stereocenters. The van der Waals surface area contributed by atoms with Crippen molar-refractivity contribution in [3.05, 3.63) is 82.0 Å². The summed E-state index contributed by atoms with van der Waals surface area (Å²) in [5.74, 6) is -0.553. The van der Waals surface area contributed by atoms with Crippen LogP contribution in [-0.4, -0.2) is 26.6 Å². The topological polar surface area (TPSA) is 78.8 Å². The molecule has 1 amide bonds. The van der Waals surface area contributed by atoms with Crippen LogP contribution in [0.15, 0.2) is 82.1 Å². The molecular weight excluding hydrogens is 430 g/mol. The van der Waals surface area contributed by atoms with E-state index in [2.05, 4.69) is 10.5 Å². The first-order chi connectivity index (χ1) is 13.9. The summed E-state index contributed by atoms with van der Waals surface area (Å²) in [6.45, 7) is 1.35. The van der Waals surface area contributed by atoms with Crippen LogP contribution in [0.5, 0.6) is 0 Å². The second-order valence-electron chi connectivity index (χ2n) is 6.01. The highest BCUT2D eigenvalue weighted by molar-refractivity contribution is 7.92. The smallest absolute Gasteiger partial charge is 0.264 e. The number of hydrazone groups is 1. The molecule has 0 aliphatic heterocycles. The number of amides is 1. The van der Waals surface area contributed by atoms with Gasteiger partial charge in [-0.2, -0.15) is 5.10 Å². The Kier molecular flexibility index (Phi) is 6.68. The molecule has 3 rings (SSSR count). The third-order valence-corrected chi connectivity index (χ3v) is 6.98. The zero-order chi connectivity index (χ0) is 20.9. The molecule has 0 aliphatic rings. The number of carbonyl (C=O) groups excluding carboxylic acids is 1. The number of anilines is 1. The highest BCUT2D eigenvalue weighted by atomic mass is 35.5. The zero-order valence-electron chi connectivity index (χ0n) is 15.4. The number of rotatable bonds is 7. The SMILES string of the molecule is C/C(=N/NC(=O)CN(c1ccccc1)S(=O)(=O)c1ccc(Cl)cc1)c1cccs1. The first-order valence-electron chi connectivity index (χ1n) is 8.58. The molecule has 0 fully saturated rings. The molecule has 0 atom stereocenters. The molecule has 6 nitrogen and oxygen atoms in total. The summed E-state index contributed by atoms with van der Waals surface area (Å²) < 4.78 is 27.4. The average molecular weight is 448 g/mol. The minimum absolute atomic E-state index is 0.0387. The van der Waals surface area contributed by atoms with Crippen molar-refractivity contribution >= 4 is 50.3 Å². The van der Waals surface area contributed by atoms with E-state index < -0.39 is 22.5 Å². The predicted molar refractivity (Wildman–Crippen MR) is 117 cm³/mol. The first kappa shape index (κ1) is 21.0. The van der Waals surface area contributed by atoms with Crippen molar-refractivity contribution in [1.29, 1.82) is 0 Å². The van der Waals surface area contributed by atoms with E-state index in [-0.39, 0.29) is 4.90 Å². The largest absolute Gasteiger partial charge is 0.271 e. The molecule has 0 saturated heterocycles. The van der Waals surface area contributed by atoms with E-state index in [1.54, 1.807) is 37.3 Å². The van der Waals surface area contributed by atoms with E-state index in [1.165, 1.54) is 35.6 Å². The number of hydrogen-bond acceptors (Lipinski definition) is 5. The van der Waals surface area contributed by atoms with Gasteiger partial charge in [-0.15, -0.1) is 11.3 Å². The van der Waals surface area contributed by atoms with Crippen LogP contribution in [0.3, 0.4) is 0 Å². The maximum Gasteiger partial charge on any atom is 0.264 e. The maximum absolute atomic E-state index is 13.2. The summed E-state index contributed by atoms with van der Waals surface area (Å²) in [5.41, 5.74) is 3.44. The monoisotopic (exact) mass is 447 g/mol. The van der Waals surface area contributed by atoms with Crippen molar-refractivity contribution in [2.24, 2.45) is 5.10 Å². The number of carbonyl (C=O) groups is 1. The second kappa shape index (κ2) is 9.21. The number of sulfonamides is 1. The molecule has 150 valence electrons. The van der Waals surface area contributed by atoms with Crippen LogP contribution < -0.4 is 9.73 Å². The van der Waals surface area contributed by atoms with E-state index in [1.807, 2.05) is 17.5 Å². The molecule has 0 radical (unpaired) electrons. The molecule has 1 aromatic heterocycles. The highest BCUT2D eigenvalue weighted by Gasteiger charge is 2.27. The number of nitrogens with zero attached hydrogens (tertiary/aromatic N) is 2. The van der Waals surface area contributed by atoms with Crippen LogP contribution in [0, 0.1) is 0 Å². The van der Waals surface area contributed by atoms with Gasteiger partial charge in [-0.25, -0.2) is 13.8 Å². The van der Waals surface area contributed by atoms with Crippen LogP contribution in [0.4, 0.5) is 5.69 Å². The van der Waals surface area contributed by atoms with Gasteiger partial charge in [0.15, 0.2) is 0 Å². The van der Waals surface area contributed by atoms with Gasteiger partial charge in [0.25, 0.3) is 15.9 Å². The van der Waals surface area contributed by atoms with E-state index >= 15 is 0 Å². The fourth-order valence-electron chi connectivity index (χ4n) is 2.49. The van der Waals surface area contributed by atoms with Gasteiger partial charge in [-0.05, 0) is 54.8 Å². The molecule has 29 heavy (non-hydrogen) atoms. The minimum Gasteiger partial charge on any atom is -0.271 e. The third-order valence-electron chi connectivity index (χ3n) is 3.96. The Hall–Kier alpha value is -2.68. The molecule has 9 heteroatoms. The molecule has 0 spiro atoms. The highest BCUT2D eigenvalue weighted by Crippen LogP contribution is 2.24. The van der Waals surface area contributed by atoms with Crippen LogP contribution >= 0.6 is 22.9 Å². The molecule has 1 N–H and O–H groups in total. The van der Waals surface area contributed by atoms with Crippen molar-refractivity contribution in [2.75, 3.05) is 10.8 Å². The fraction of sp³-hybridized carbons (Fsp3) is 0.100. The van der Waals surface area contributed by atoms with E-state index in [4.69, 9.17) is 11.6 Å². The summed E-state index contributed by atoms with van der Waals surface area (Å²) in [7, 11) is -3.98. The van der Waals surface area contributed by atoms with Gasteiger partial charge < -0.3 is 0 Å². The Balaban J connectivity index is 1.85. The van der Waals surface area contributed by atoms with Crippen LogP contribution in [0.25, 0.3) is 0 Å². The third kappa shape index (κ3) is 5.23. The predicted octanol–water partition coefficient (Wildman–Crippen LogP) is 4.14. The lowest BCUT2D eigenvalue weighted by Gasteiger charge is -2.23. The quantitative estimate of drug-likeness (QED) is 0.436. The lowest BCUT2D eigenvalue weighted by atomic mass is 10.3. The van der Waals surface area contributed by atoms with Gasteiger partial charge in [0, 0.05) is 9.90 Å². The molecule has 1 heterocycles. The zero-order valence-corrected chi connectivity index (χ0v) is 17.8. The Morgan fingerprint density at radius 3 is 2.38 bits per heavy atom. The molecule has 2 aromatic carbocycles. The normalized spacial score (nSPS) is 11.9. The summed E-state index contributed by atoms with van der Waals surface area (Å²) in [6, 6.07) is 18.0. The Labute approximate surface area is 178 Å². The first-order valence-corrected chi connectivity index (χ1v) is 11.3. The number of thiophene rings is 1. The molecule has 3 aromatic rings. The van der Waals surface area contributed by atoms with E-state index in [0.29, 0.717) is 16.4 Å². The van der Waals surface area contributed by atoms with Gasteiger partial charge in [0.1, 0.15) is 6.54 Å². The Morgan fingerprint density at radius 2 is 1.76 bits per heavy atom. The van der Waals surface area contributed by atoms with Crippen molar-refractivity contribution in [1.82, 2.24) is 5.43 Å². The van der Waals surface area contributed by atoms with Crippen LogP contribution in [-0.2, 0) is 14.8 Å². The van der Waals surface area contributed by atoms with Gasteiger partial charge in [0.05, 0.1) is 16.3 Å². The molecule has 0 bridgehead atoms. The number of halogens is 1. The average Bonchev–Trinajstić information content (AvgIpc) is 3.26. The summed E-state index contributed by atoms with van der Waals surface area (Å²) >= 11 is 7.37. The fourth-order valence-corrected chi connectivity index (χ4v) is 4.72. The molecule has 0 saturated carbocycles. The lowest BCUT2D eigenvalue weighted by Crippen LogP contribution is -2.39. The molecular formula is C20H18ClN3O3S2. The maximum atomic E-state index is 13.2. The van der Waals surface area contributed by atoms with E-state index in [9.17, 15) is 13.2 Å². The lowest BCUT2D eigenvalue weighted by molar-refractivity contribution is -0.119. The summed E-state index contributed by atoms with van der Waals surface area (Å²) in [5, 5.41) is 6.40. The number of benzene rings is 2. The summed E-state index contributed by atoms with van der Waals surface area (Å²) in [4.78, 5) is 13.4. The van der Waals surface area contributed by atoms with Crippen LogP contribution in [0.1, 0.15) is 11.8 Å². The van der Waals surface area contributed by atoms with Crippen LogP contribution in [0.2, 0.25) is 5.02 Å². The second-order valence-corrected chi connectivity index (χ2v) is 9.26. The van der Waals surface area contributed by atoms with Crippen molar-refractivity contribution in [3.8, 4) is 0 Å². The molecule has 0 aliphatic carbocycles. The van der Waals surface area contributed by atoms with Crippen molar-refractivity contribution in [3.63, 3.8) is 0 Å². The number of nitrogens with one attached hydrogen (secondary N) is 1. The van der Waals surface area contributed by atoms with Gasteiger partial charge in [-0.3, -0.25) is 9.10 Å². The van der Waals surface area contributed by atoms with Gasteiger partial charge in [-0.1, -0.05) is 35.9 Å². The summed E-state index contributed by atoms with van der Waals surface area (Å²) in [6.07, 6.45) is 0. The van der Waals surface area contributed by atoms with Gasteiger partial charge in [0.2, 0.25) is 0 Å². The Morgan fingerprint density at radius 1 is 1.07 bits per heavy atom. The van der Waals surface area contributed by atoms with Crippen molar-refractivity contribution < 1.29 is 13.2 Å². The van der Waals surface area contributed by atoms with Crippen molar-refractivity contribution in [2.45, 2.75) is 11.8 Å². The number of hydrogen-bond donors (Lipinski definition) is 1. The number of para-hydroxylation sites is 1.